The average Bonchev–Trinajstić information content (AvgIpc) is 0.670. The third-order valence-electron chi connectivity index (χ3n) is 18.6. The first-order valence-electron chi connectivity index (χ1n) is 30.8. The Morgan fingerprint density at radius 2 is 1.33 bits per heavy atom. The van der Waals surface area contributed by atoms with Gasteiger partial charge in [-0.2, -0.15) is 0 Å². The molecule has 500 valence electrons. The number of Topliss-reactive ketones (excluding diaryl/α,β-unsaturated/α-hetero) is 2. The van der Waals surface area contributed by atoms with Crippen LogP contribution in [0.4, 0.5) is 10.5 Å². The largest absolute Gasteiger partial charge is 0.509 e. The number of ketones is 2. The molecule has 2 saturated carbocycles. The Labute approximate surface area is 542 Å². The topological polar surface area (TPSA) is 364 Å². The van der Waals surface area contributed by atoms with Crippen molar-refractivity contribution in [2.45, 2.75) is 161 Å². The van der Waals surface area contributed by atoms with Crippen molar-refractivity contribution >= 4 is 76.8 Å². The lowest BCUT2D eigenvalue weighted by Gasteiger charge is -2.68. The van der Waals surface area contributed by atoms with Gasteiger partial charge in [0.05, 0.1) is 24.5 Å². The monoisotopic (exact) mass is 1300 g/mol. The predicted octanol–water partition coefficient (Wildman–Crippen LogP) is 5.79. The fraction of sp³-hybridized carbons (Fsp3) is 0.449. The Hall–Kier alpha value is -9.62. The molecule has 3 aliphatic carbocycles. The van der Waals surface area contributed by atoms with Gasteiger partial charge in [-0.05, 0) is 91.8 Å². The Morgan fingerprint density at radius 1 is 0.723 bits per heavy atom. The lowest BCUT2D eigenvalue weighted by atomic mass is 9.43. The summed E-state index contributed by atoms with van der Waals surface area (Å²) >= 11 is 0. The van der Waals surface area contributed by atoms with E-state index in [2.05, 4.69) is 21.3 Å². The molecule has 14 atom stereocenters. The van der Waals surface area contributed by atoms with Crippen LogP contribution < -0.4 is 27.0 Å². The fourth-order valence-corrected chi connectivity index (χ4v) is 13.4. The zero-order chi connectivity index (χ0) is 68.8. The number of carbonyl (C=O) groups is 12. The number of benzene rings is 4. The van der Waals surface area contributed by atoms with Gasteiger partial charge < -0.3 is 70.1 Å². The van der Waals surface area contributed by atoms with Crippen LogP contribution in [0.3, 0.4) is 0 Å². The normalized spacial score (nSPS) is 25.6. The first-order chi connectivity index (χ1) is 44.3. The zero-order valence-corrected chi connectivity index (χ0v) is 53.8. The van der Waals surface area contributed by atoms with E-state index < -0.39 is 173 Å². The van der Waals surface area contributed by atoms with Crippen LogP contribution in [0.25, 0.3) is 0 Å². The number of aliphatic hydroxyl groups is 1. The number of rotatable bonds is 23. The molecular formula is C69H79N5O20. The molecule has 0 aromatic heterocycles. The first kappa shape index (κ1) is 70.3. The summed E-state index contributed by atoms with van der Waals surface area (Å²) in [6, 6.07) is 25.2. The minimum atomic E-state index is -2.46. The van der Waals surface area contributed by atoms with Crippen LogP contribution in [0.1, 0.15) is 133 Å². The molecule has 1 heterocycles. The second kappa shape index (κ2) is 28.7. The fourth-order valence-electron chi connectivity index (χ4n) is 13.4. The van der Waals surface area contributed by atoms with Crippen LogP contribution in [0.15, 0.2) is 126 Å². The molecular weight excluding hydrogens is 1220 g/mol. The number of nitrogens with one attached hydrogen (secondary N) is 4. The number of anilines is 1. The van der Waals surface area contributed by atoms with Crippen molar-refractivity contribution in [3.63, 3.8) is 0 Å². The summed E-state index contributed by atoms with van der Waals surface area (Å²) in [5.41, 5.74) is -1.27. The van der Waals surface area contributed by atoms with Gasteiger partial charge in [-0.15, -0.1) is 0 Å². The van der Waals surface area contributed by atoms with E-state index in [1.165, 1.54) is 83.1 Å². The maximum Gasteiger partial charge on any atom is 0.509 e. The molecule has 3 fully saturated rings. The lowest BCUT2D eigenvalue weighted by Crippen LogP contribution is -2.80. The average molecular weight is 1300 g/mol. The molecule has 0 spiro atoms. The highest BCUT2D eigenvalue weighted by atomic mass is 16.7. The van der Waals surface area contributed by atoms with Crippen molar-refractivity contribution in [3.8, 4) is 0 Å². The highest BCUT2D eigenvalue weighted by molar-refractivity contribution is 6.01. The van der Waals surface area contributed by atoms with Gasteiger partial charge in [-0.1, -0.05) is 113 Å². The van der Waals surface area contributed by atoms with Crippen molar-refractivity contribution in [2.24, 2.45) is 34.3 Å². The Balaban J connectivity index is 1.13. The van der Waals surface area contributed by atoms with Crippen LogP contribution in [0, 0.1) is 28.6 Å². The van der Waals surface area contributed by atoms with E-state index in [0.717, 1.165) is 6.92 Å². The minimum absolute atomic E-state index is 0.0116. The van der Waals surface area contributed by atoms with Crippen LogP contribution >= 0.6 is 0 Å². The number of esters is 4. The molecule has 25 nitrogen and oxygen atoms in total. The highest BCUT2D eigenvalue weighted by Crippen LogP contribution is 2.66. The lowest BCUT2D eigenvalue weighted by molar-refractivity contribution is -0.340. The molecule has 2 bridgehead atoms. The molecule has 1 saturated heterocycles. The predicted molar refractivity (Wildman–Crippen MR) is 333 cm³/mol. The molecule has 94 heavy (non-hydrogen) atoms. The second-order valence-corrected chi connectivity index (χ2v) is 25.3. The Morgan fingerprint density at radius 3 is 1.89 bits per heavy atom. The van der Waals surface area contributed by atoms with Gasteiger partial charge in [0.1, 0.15) is 54.4 Å². The summed E-state index contributed by atoms with van der Waals surface area (Å²) in [5, 5.41) is 24.5. The van der Waals surface area contributed by atoms with Crippen molar-refractivity contribution in [1.29, 1.82) is 0 Å². The summed E-state index contributed by atoms with van der Waals surface area (Å²) in [7, 11) is 0. The van der Waals surface area contributed by atoms with Gasteiger partial charge in [0.15, 0.2) is 17.5 Å². The van der Waals surface area contributed by atoms with Crippen LogP contribution in [0.5, 0.6) is 0 Å². The van der Waals surface area contributed by atoms with Crippen molar-refractivity contribution in [1.82, 2.24) is 16.0 Å². The maximum absolute atomic E-state index is 16.1. The van der Waals surface area contributed by atoms with E-state index in [1.54, 1.807) is 94.4 Å². The molecule has 4 aliphatic rings. The van der Waals surface area contributed by atoms with Gasteiger partial charge in [-0.3, -0.25) is 38.4 Å². The van der Waals surface area contributed by atoms with Gasteiger partial charge in [0.25, 0.3) is 5.91 Å². The van der Waals surface area contributed by atoms with E-state index in [-0.39, 0.29) is 58.8 Å². The summed E-state index contributed by atoms with van der Waals surface area (Å²) in [6.45, 7) is 13.6. The molecule has 4 aromatic carbocycles. The van der Waals surface area contributed by atoms with Crippen molar-refractivity contribution in [3.05, 3.63) is 149 Å². The van der Waals surface area contributed by atoms with Gasteiger partial charge in [-0.25, -0.2) is 14.4 Å². The number of hydrogen-bond acceptors (Lipinski definition) is 20. The maximum atomic E-state index is 16.1. The van der Waals surface area contributed by atoms with E-state index in [0.29, 0.717) is 5.56 Å². The zero-order valence-electron chi connectivity index (χ0n) is 53.8. The minimum Gasteiger partial charge on any atom is -0.455 e. The molecule has 7 N–H and O–H groups in total. The van der Waals surface area contributed by atoms with E-state index >= 15 is 9.59 Å². The van der Waals surface area contributed by atoms with Crippen molar-refractivity contribution in [2.75, 3.05) is 11.9 Å². The van der Waals surface area contributed by atoms with Gasteiger partial charge in [0, 0.05) is 54.7 Å². The van der Waals surface area contributed by atoms with E-state index in [9.17, 15) is 53.1 Å². The number of nitrogens with two attached hydrogens (primary N) is 1. The third-order valence-corrected chi connectivity index (χ3v) is 18.6. The molecule has 25 heteroatoms. The molecule has 1 aliphatic heterocycles. The van der Waals surface area contributed by atoms with Crippen LogP contribution in [0.2, 0.25) is 0 Å². The van der Waals surface area contributed by atoms with Gasteiger partial charge >= 0.3 is 30.0 Å². The number of hydrogen-bond donors (Lipinski definition) is 6. The van der Waals surface area contributed by atoms with Crippen LogP contribution in [-0.4, -0.2) is 137 Å². The SMILES string of the molecule is CC(=O)C[C@H](C)C(=O)N[C@H](C)C(=O)N[C@H](CC(N)=O)C(=O)Nc1ccc(COC(=O)OC(C(=O)OC2C[C@@]3(O)C(OC(=O)c4ccccc4)[C@@H]4C5(OC(C)=O)COC5C[C@H](C)[C@@]4(C)C(=O)[C@H](OC(C)=O)C(=C2C)C3(C)C)[C@@H](NC(=O)c2ccccc2)c2ccccc2)cc1. The quantitative estimate of drug-likeness (QED) is 0.0291. The second-order valence-electron chi connectivity index (χ2n) is 25.3. The van der Waals surface area contributed by atoms with Crippen molar-refractivity contribution < 1.29 is 95.8 Å². The number of primary amides is 1. The summed E-state index contributed by atoms with van der Waals surface area (Å²) in [6.07, 6.45) is -10.9. The number of ether oxygens (including phenoxy) is 7. The van der Waals surface area contributed by atoms with E-state index in [4.69, 9.17) is 38.9 Å². The molecule has 5 amide bonds. The Bertz CT molecular complexity index is 3620. The molecule has 0 radical (unpaired) electrons. The first-order valence-corrected chi connectivity index (χ1v) is 30.8. The van der Waals surface area contributed by atoms with E-state index in [1.807, 2.05) is 0 Å². The molecule has 8 rings (SSSR count). The highest BCUT2D eigenvalue weighted by Gasteiger charge is 2.78. The number of carbonyl (C=O) groups excluding carboxylic acids is 12. The Kier molecular flexibility index (Phi) is 21.5. The standard InChI is InChI=1S/C69H79N5O20/c1-36(30-38(3)75)59(80)71-40(5)60(81)73-48(32-51(70)78)62(83)72-47-28-26-43(27-29-47)34-88-65(86)92-55(53(44-20-14-11-15-21-44)74-61(82)45-22-16-12-17-23-45)64(85)91-49-33-69(87)58(93-63(84)46-24-18-13-19-25-46)56-67(10,37(2)31-50-68(56,35-89-50)94-42(7)77)57(79)54(90-41(6)76)52(39(49)4)66(69,8)9/h11-29,36-37,40,48-50,53-56,58,87H,30-35H2,1-10H3,(H2,70,78)(H,71,80)(H,72,83)(H,73,81)(H,74,82)/t36-,37-,40+,48+,49?,50?,53-,54+,55?,56-,58?,67+,68?,69+/m0/s1. The van der Waals surface area contributed by atoms with Gasteiger partial charge in [0.2, 0.25) is 29.7 Å². The smallest absolute Gasteiger partial charge is 0.455 e. The third kappa shape index (κ3) is 14.7. The summed E-state index contributed by atoms with van der Waals surface area (Å²) in [5.74, 6) is -11.6. The molecule has 5 unspecified atom stereocenters. The summed E-state index contributed by atoms with van der Waals surface area (Å²) < 4.78 is 43.0. The number of amides is 5. The van der Waals surface area contributed by atoms with Crippen LogP contribution in [-0.2, 0) is 82.9 Å². The summed E-state index contributed by atoms with van der Waals surface area (Å²) in [4.78, 5) is 164. The molecule has 4 aromatic rings. The number of fused-ring (bicyclic) bond motifs is 5.